The molecule has 1 heterocycles. The maximum Gasteiger partial charge on any atom is 0.148 e. The summed E-state index contributed by atoms with van der Waals surface area (Å²) in [6.45, 7) is 1.65. The van der Waals surface area contributed by atoms with Gasteiger partial charge < -0.3 is 5.32 Å². The smallest absolute Gasteiger partial charge is 0.148 e. The molecule has 0 unspecified atom stereocenters. The summed E-state index contributed by atoms with van der Waals surface area (Å²) < 4.78 is 0. The van der Waals surface area contributed by atoms with E-state index < -0.39 is 0 Å². The topological polar surface area (TPSA) is 39.0 Å². The maximum atomic E-state index is 11.0. The summed E-state index contributed by atoms with van der Waals surface area (Å²) >= 11 is 0. The Morgan fingerprint density at radius 2 is 2.07 bits per heavy atom. The van der Waals surface area contributed by atoms with Crippen molar-refractivity contribution in [2.75, 3.05) is 0 Å². The minimum absolute atomic E-state index is 0.138. The number of carbonyl (C=O) groups excluding carboxylic acids is 1. The Hall–Kier alpha value is -1.15. The first kappa shape index (κ1) is 9.41. The van der Waals surface area contributed by atoms with Crippen LogP contribution in [0.1, 0.15) is 18.9 Å². The van der Waals surface area contributed by atoms with E-state index >= 15 is 0 Å². The third-order valence-electron chi connectivity index (χ3n) is 2.71. The molecule has 14 heavy (non-hydrogen) atoms. The summed E-state index contributed by atoms with van der Waals surface area (Å²) in [5, 5.41) is 3.19. The molecule has 0 amide bonds. The lowest BCUT2D eigenvalue weighted by Gasteiger charge is -1.98. The number of aryl methyl sites for hydroxylation is 1. The number of carbonyl (C=O) groups is 1. The Balaban J connectivity index is 1.77. The van der Waals surface area contributed by atoms with Crippen molar-refractivity contribution in [2.45, 2.75) is 31.8 Å². The lowest BCUT2D eigenvalue weighted by molar-refractivity contribution is -0.116. The van der Waals surface area contributed by atoms with Gasteiger partial charge in [0.15, 0.2) is 0 Å². The van der Waals surface area contributed by atoms with Crippen molar-refractivity contribution in [1.29, 1.82) is 0 Å². The predicted molar refractivity (Wildman–Crippen MR) is 56.2 cm³/mol. The zero-order valence-electron chi connectivity index (χ0n) is 8.36. The number of hydrogen-bond acceptors (Lipinski definition) is 2. The minimum atomic E-state index is 0.138. The molecule has 2 atom stereocenters. The molecule has 2 nitrogen and oxygen atoms in total. The van der Waals surface area contributed by atoms with E-state index in [-0.39, 0.29) is 11.8 Å². The van der Waals surface area contributed by atoms with Crippen LogP contribution in [0, 0.1) is 0 Å². The number of rotatable bonds is 4. The molecule has 0 bridgehead atoms. The fourth-order valence-corrected chi connectivity index (χ4v) is 1.79. The van der Waals surface area contributed by atoms with Crippen molar-refractivity contribution in [3.05, 3.63) is 35.9 Å². The van der Waals surface area contributed by atoms with Gasteiger partial charge in [-0.3, -0.25) is 4.79 Å². The second-order valence-corrected chi connectivity index (χ2v) is 3.89. The third kappa shape index (κ3) is 2.20. The average molecular weight is 189 g/mol. The third-order valence-corrected chi connectivity index (χ3v) is 2.71. The van der Waals surface area contributed by atoms with Gasteiger partial charge in [0.2, 0.25) is 0 Å². The van der Waals surface area contributed by atoms with Crippen molar-refractivity contribution in [3.8, 4) is 0 Å². The number of benzene rings is 1. The highest BCUT2D eigenvalue weighted by Gasteiger charge is 2.38. The van der Waals surface area contributed by atoms with Gasteiger partial charge in [-0.1, -0.05) is 30.3 Å². The first-order chi connectivity index (χ1) is 6.77. The van der Waals surface area contributed by atoms with Crippen LogP contribution in [0.3, 0.4) is 0 Å². The van der Waals surface area contributed by atoms with Gasteiger partial charge in [0.25, 0.3) is 0 Å². The molecule has 1 saturated heterocycles. The summed E-state index contributed by atoms with van der Waals surface area (Å²) in [4.78, 5) is 11.0. The molecule has 2 heteroatoms. The van der Waals surface area contributed by atoms with Gasteiger partial charge in [0.05, 0.1) is 6.04 Å². The lowest BCUT2D eigenvalue weighted by atomic mass is 10.1. The summed E-state index contributed by atoms with van der Waals surface area (Å²) in [6, 6.07) is 11.0. The van der Waals surface area contributed by atoms with Gasteiger partial charge in [-0.05, 0) is 25.3 Å². The van der Waals surface area contributed by atoms with Gasteiger partial charge in [0, 0.05) is 6.04 Å². The molecule has 1 aliphatic heterocycles. The van der Waals surface area contributed by atoms with Crippen LogP contribution >= 0.6 is 0 Å². The molecule has 1 aromatic rings. The molecule has 0 aliphatic carbocycles. The molecule has 1 fully saturated rings. The Labute approximate surface area is 84.3 Å². The van der Waals surface area contributed by atoms with E-state index in [0.29, 0.717) is 6.04 Å². The van der Waals surface area contributed by atoms with Crippen LogP contribution in [-0.4, -0.2) is 17.9 Å². The van der Waals surface area contributed by atoms with Crippen molar-refractivity contribution >= 4 is 5.78 Å². The Morgan fingerprint density at radius 1 is 1.36 bits per heavy atom. The molecule has 74 valence electrons. The van der Waals surface area contributed by atoms with Crippen molar-refractivity contribution in [2.24, 2.45) is 0 Å². The summed E-state index contributed by atoms with van der Waals surface area (Å²) in [7, 11) is 0. The molecule has 1 aromatic carbocycles. The van der Waals surface area contributed by atoms with E-state index in [2.05, 4.69) is 29.6 Å². The monoisotopic (exact) mass is 189 g/mol. The Kier molecular flexibility index (Phi) is 2.64. The molecule has 0 spiro atoms. The van der Waals surface area contributed by atoms with Crippen LogP contribution in [0.5, 0.6) is 0 Å². The number of nitrogens with one attached hydrogen (secondary N) is 1. The van der Waals surface area contributed by atoms with E-state index in [0.717, 1.165) is 12.8 Å². The quantitative estimate of drug-likeness (QED) is 0.730. The number of Topliss-reactive ketones (excluding diaryl/α,β-unsaturated/α-hetero) is 1. The fraction of sp³-hybridized carbons (Fsp3) is 0.417. The normalized spacial score (nSPS) is 24.6. The Morgan fingerprint density at radius 3 is 2.64 bits per heavy atom. The van der Waals surface area contributed by atoms with E-state index in [1.807, 2.05) is 6.07 Å². The van der Waals surface area contributed by atoms with Crippen molar-refractivity contribution < 1.29 is 4.79 Å². The van der Waals surface area contributed by atoms with E-state index in [1.165, 1.54) is 5.56 Å². The first-order valence-electron chi connectivity index (χ1n) is 5.08. The highest BCUT2D eigenvalue weighted by atomic mass is 16.1. The van der Waals surface area contributed by atoms with Gasteiger partial charge in [0.1, 0.15) is 5.78 Å². The second kappa shape index (κ2) is 3.93. The van der Waals surface area contributed by atoms with Crippen LogP contribution in [0.4, 0.5) is 0 Å². The van der Waals surface area contributed by atoms with Gasteiger partial charge in [-0.25, -0.2) is 0 Å². The number of ketones is 1. The summed E-state index contributed by atoms with van der Waals surface area (Å²) in [5.74, 6) is 0.267. The van der Waals surface area contributed by atoms with Gasteiger partial charge in [-0.15, -0.1) is 0 Å². The fourth-order valence-electron chi connectivity index (χ4n) is 1.79. The van der Waals surface area contributed by atoms with Crippen LogP contribution in [0.15, 0.2) is 30.3 Å². The molecule has 1 N–H and O–H groups in total. The molecule has 1 aliphatic rings. The molecule has 2 rings (SSSR count). The zero-order valence-corrected chi connectivity index (χ0v) is 8.36. The van der Waals surface area contributed by atoms with Gasteiger partial charge >= 0.3 is 0 Å². The van der Waals surface area contributed by atoms with Crippen LogP contribution in [-0.2, 0) is 11.2 Å². The summed E-state index contributed by atoms with van der Waals surface area (Å²) in [5.41, 5.74) is 1.35. The highest BCUT2D eigenvalue weighted by Crippen LogP contribution is 2.18. The average Bonchev–Trinajstić information content (AvgIpc) is 2.96. The van der Waals surface area contributed by atoms with Crippen molar-refractivity contribution in [1.82, 2.24) is 5.32 Å². The van der Waals surface area contributed by atoms with E-state index in [9.17, 15) is 4.79 Å². The van der Waals surface area contributed by atoms with E-state index in [4.69, 9.17) is 0 Å². The van der Waals surface area contributed by atoms with E-state index in [1.54, 1.807) is 6.92 Å². The molecular formula is C12H15NO. The second-order valence-electron chi connectivity index (χ2n) is 3.89. The maximum absolute atomic E-state index is 11.0. The highest BCUT2D eigenvalue weighted by molar-refractivity contribution is 5.85. The van der Waals surface area contributed by atoms with Gasteiger partial charge in [-0.2, -0.15) is 0 Å². The molecule has 0 saturated carbocycles. The standard InChI is InChI=1S/C12H15NO/c1-9(14)12-11(13-12)8-7-10-5-3-2-4-6-10/h2-6,11-13H,7-8H2,1H3/t11-,12-/m0/s1. The van der Waals surface area contributed by atoms with Crippen LogP contribution in [0.2, 0.25) is 0 Å². The number of hydrogen-bond donors (Lipinski definition) is 1. The molecular weight excluding hydrogens is 174 g/mol. The molecule has 0 aromatic heterocycles. The zero-order chi connectivity index (χ0) is 9.97. The van der Waals surface area contributed by atoms with Crippen LogP contribution < -0.4 is 5.32 Å². The SMILES string of the molecule is CC(=O)[C@@H]1N[C@H]1CCc1ccccc1. The minimum Gasteiger partial charge on any atom is -0.301 e. The Bertz CT molecular complexity index is 320. The van der Waals surface area contributed by atoms with Crippen LogP contribution in [0.25, 0.3) is 0 Å². The summed E-state index contributed by atoms with van der Waals surface area (Å²) in [6.07, 6.45) is 2.12. The molecule has 0 radical (unpaired) electrons. The lowest BCUT2D eigenvalue weighted by Crippen LogP contribution is -2.05. The predicted octanol–water partition coefficient (Wildman–Crippen LogP) is 1.55. The largest absolute Gasteiger partial charge is 0.301 e. The van der Waals surface area contributed by atoms with Crippen molar-refractivity contribution in [3.63, 3.8) is 0 Å². The first-order valence-corrected chi connectivity index (χ1v) is 5.08.